The summed E-state index contributed by atoms with van der Waals surface area (Å²) in [5.41, 5.74) is 2.66. The fourth-order valence-electron chi connectivity index (χ4n) is 2.37. The first-order chi connectivity index (χ1) is 12.0. The van der Waals surface area contributed by atoms with Crippen LogP contribution in [0, 0.1) is 17.0 Å². The van der Waals surface area contributed by atoms with Gasteiger partial charge in [0.25, 0.3) is 5.69 Å². The normalized spacial score (nSPS) is 10.4. The van der Waals surface area contributed by atoms with Crippen molar-refractivity contribution in [2.75, 3.05) is 5.32 Å². The number of benzene rings is 2. The van der Waals surface area contributed by atoms with E-state index in [1.54, 1.807) is 13.0 Å². The SMILES string of the molecule is Cc1cc(NC(=O)Cc2ccc(-n3cnnn3)cc2)ccc1[N+](=O)[O-]. The predicted octanol–water partition coefficient (Wildman–Crippen LogP) is 2.06. The highest BCUT2D eigenvalue weighted by atomic mass is 16.6. The van der Waals surface area contributed by atoms with Gasteiger partial charge in [0.1, 0.15) is 6.33 Å². The van der Waals surface area contributed by atoms with Gasteiger partial charge in [-0.05, 0) is 47.2 Å². The lowest BCUT2D eigenvalue weighted by molar-refractivity contribution is -0.385. The monoisotopic (exact) mass is 338 g/mol. The largest absolute Gasteiger partial charge is 0.326 e. The standard InChI is InChI=1S/C16H14N6O3/c1-11-8-13(4-7-15(11)22(24)25)18-16(23)9-12-2-5-14(6-3-12)21-10-17-19-20-21/h2-8,10H,9H2,1H3,(H,18,23). The minimum absolute atomic E-state index is 0.0242. The molecule has 1 heterocycles. The van der Waals surface area contributed by atoms with Crippen LogP contribution in [0.2, 0.25) is 0 Å². The minimum atomic E-state index is -0.451. The van der Waals surface area contributed by atoms with Gasteiger partial charge in [-0.1, -0.05) is 12.1 Å². The third-order valence-electron chi connectivity index (χ3n) is 3.59. The van der Waals surface area contributed by atoms with Crippen molar-refractivity contribution in [3.05, 3.63) is 70.0 Å². The lowest BCUT2D eigenvalue weighted by Gasteiger charge is -2.07. The van der Waals surface area contributed by atoms with E-state index in [4.69, 9.17) is 0 Å². The summed E-state index contributed by atoms with van der Waals surface area (Å²) >= 11 is 0. The fraction of sp³-hybridized carbons (Fsp3) is 0.125. The quantitative estimate of drug-likeness (QED) is 0.562. The average Bonchev–Trinajstić information content (AvgIpc) is 3.09. The third kappa shape index (κ3) is 3.83. The number of aryl methyl sites for hydroxylation is 1. The number of rotatable bonds is 5. The van der Waals surface area contributed by atoms with Gasteiger partial charge in [-0.15, -0.1) is 5.10 Å². The number of nitrogens with one attached hydrogen (secondary N) is 1. The van der Waals surface area contributed by atoms with Gasteiger partial charge < -0.3 is 5.32 Å². The van der Waals surface area contributed by atoms with Crippen molar-refractivity contribution in [3.63, 3.8) is 0 Å². The number of nitro groups is 1. The number of tetrazole rings is 1. The topological polar surface area (TPSA) is 116 Å². The molecule has 0 spiro atoms. The number of carbonyl (C=O) groups is 1. The van der Waals surface area contributed by atoms with E-state index in [1.165, 1.54) is 23.1 Å². The first kappa shape index (κ1) is 16.2. The van der Waals surface area contributed by atoms with Crippen LogP contribution >= 0.6 is 0 Å². The Morgan fingerprint density at radius 1 is 1.24 bits per heavy atom. The molecule has 0 atom stereocenters. The summed E-state index contributed by atoms with van der Waals surface area (Å²) in [6.45, 7) is 1.63. The highest BCUT2D eigenvalue weighted by molar-refractivity contribution is 5.92. The number of carbonyl (C=O) groups excluding carboxylic acids is 1. The molecule has 25 heavy (non-hydrogen) atoms. The number of anilines is 1. The van der Waals surface area contributed by atoms with Crippen LogP contribution in [0.3, 0.4) is 0 Å². The van der Waals surface area contributed by atoms with Crippen LogP contribution in [0.25, 0.3) is 5.69 Å². The predicted molar refractivity (Wildman–Crippen MR) is 89.3 cm³/mol. The molecule has 0 saturated carbocycles. The van der Waals surface area contributed by atoms with Crippen molar-refractivity contribution < 1.29 is 9.72 Å². The number of aromatic nitrogens is 4. The lowest BCUT2D eigenvalue weighted by atomic mass is 10.1. The molecule has 1 amide bonds. The average molecular weight is 338 g/mol. The van der Waals surface area contributed by atoms with Gasteiger partial charge in [0.15, 0.2) is 0 Å². The summed E-state index contributed by atoms with van der Waals surface area (Å²) in [6, 6.07) is 11.7. The van der Waals surface area contributed by atoms with Gasteiger partial charge in [-0.25, -0.2) is 4.68 Å². The first-order valence-electron chi connectivity index (χ1n) is 7.40. The van der Waals surface area contributed by atoms with Crippen LogP contribution in [0.15, 0.2) is 48.8 Å². The van der Waals surface area contributed by atoms with Crippen molar-refractivity contribution in [2.45, 2.75) is 13.3 Å². The van der Waals surface area contributed by atoms with Crippen LogP contribution in [-0.2, 0) is 11.2 Å². The van der Waals surface area contributed by atoms with Gasteiger partial charge in [0.05, 0.1) is 17.0 Å². The number of nitro benzene ring substituents is 1. The molecule has 2 aromatic carbocycles. The van der Waals surface area contributed by atoms with E-state index in [1.807, 2.05) is 24.3 Å². The molecule has 1 aromatic heterocycles. The molecule has 0 aliphatic rings. The van der Waals surface area contributed by atoms with Crippen LogP contribution in [0.4, 0.5) is 11.4 Å². The van der Waals surface area contributed by atoms with Crippen molar-refractivity contribution >= 4 is 17.3 Å². The second-order valence-electron chi connectivity index (χ2n) is 5.40. The van der Waals surface area contributed by atoms with E-state index in [0.29, 0.717) is 11.3 Å². The number of nitrogens with zero attached hydrogens (tertiary/aromatic N) is 5. The van der Waals surface area contributed by atoms with E-state index in [2.05, 4.69) is 20.8 Å². The van der Waals surface area contributed by atoms with Crippen molar-refractivity contribution in [2.24, 2.45) is 0 Å². The molecular formula is C16H14N6O3. The Balaban J connectivity index is 1.64. The van der Waals surface area contributed by atoms with Gasteiger partial charge in [0.2, 0.25) is 5.91 Å². The van der Waals surface area contributed by atoms with Gasteiger partial charge >= 0.3 is 0 Å². The molecule has 0 fully saturated rings. The van der Waals surface area contributed by atoms with Crippen LogP contribution in [-0.4, -0.2) is 31.0 Å². The Morgan fingerprint density at radius 2 is 2.00 bits per heavy atom. The smallest absolute Gasteiger partial charge is 0.272 e. The van der Waals surface area contributed by atoms with E-state index in [9.17, 15) is 14.9 Å². The van der Waals surface area contributed by atoms with Crippen molar-refractivity contribution in [1.29, 1.82) is 0 Å². The summed E-state index contributed by atoms with van der Waals surface area (Å²) < 4.78 is 1.52. The van der Waals surface area contributed by atoms with Gasteiger partial charge in [-0.3, -0.25) is 14.9 Å². The molecule has 3 aromatic rings. The van der Waals surface area contributed by atoms with E-state index < -0.39 is 4.92 Å². The molecular weight excluding hydrogens is 324 g/mol. The number of hydrogen-bond donors (Lipinski definition) is 1. The zero-order valence-corrected chi connectivity index (χ0v) is 13.3. The maximum absolute atomic E-state index is 12.1. The third-order valence-corrected chi connectivity index (χ3v) is 3.59. The highest BCUT2D eigenvalue weighted by Crippen LogP contribution is 2.21. The maximum atomic E-state index is 12.1. The molecule has 0 unspecified atom stereocenters. The molecule has 0 aliphatic heterocycles. The molecule has 0 radical (unpaired) electrons. The van der Waals surface area contributed by atoms with Crippen LogP contribution in [0.1, 0.15) is 11.1 Å². The van der Waals surface area contributed by atoms with E-state index in [0.717, 1.165) is 11.3 Å². The Hall–Kier alpha value is -3.62. The summed E-state index contributed by atoms with van der Waals surface area (Å²) in [4.78, 5) is 22.5. The first-order valence-corrected chi connectivity index (χ1v) is 7.40. The summed E-state index contributed by atoms with van der Waals surface area (Å²) in [5, 5.41) is 24.5. The van der Waals surface area contributed by atoms with Crippen LogP contribution in [0.5, 0.6) is 0 Å². The van der Waals surface area contributed by atoms with Crippen LogP contribution < -0.4 is 5.32 Å². The fourth-order valence-corrected chi connectivity index (χ4v) is 2.37. The number of amides is 1. The minimum Gasteiger partial charge on any atom is -0.326 e. The molecule has 9 nitrogen and oxygen atoms in total. The number of hydrogen-bond acceptors (Lipinski definition) is 6. The Labute approximate surface area is 142 Å². The lowest BCUT2D eigenvalue weighted by Crippen LogP contribution is -2.14. The highest BCUT2D eigenvalue weighted by Gasteiger charge is 2.11. The molecule has 0 aliphatic carbocycles. The Bertz CT molecular complexity index is 906. The van der Waals surface area contributed by atoms with E-state index >= 15 is 0 Å². The molecule has 126 valence electrons. The maximum Gasteiger partial charge on any atom is 0.272 e. The second kappa shape index (κ2) is 6.87. The zero-order chi connectivity index (χ0) is 17.8. The molecule has 9 heteroatoms. The molecule has 0 bridgehead atoms. The molecule has 0 saturated heterocycles. The summed E-state index contributed by atoms with van der Waals surface area (Å²) in [6.07, 6.45) is 1.67. The summed E-state index contributed by atoms with van der Waals surface area (Å²) in [7, 11) is 0. The Morgan fingerprint density at radius 3 is 2.60 bits per heavy atom. The molecule has 3 rings (SSSR count). The van der Waals surface area contributed by atoms with Gasteiger partial charge in [-0.2, -0.15) is 0 Å². The van der Waals surface area contributed by atoms with Gasteiger partial charge in [0, 0.05) is 17.3 Å². The summed E-state index contributed by atoms with van der Waals surface area (Å²) in [5.74, 6) is -0.205. The second-order valence-corrected chi connectivity index (χ2v) is 5.40. The molecule has 1 N–H and O–H groups in total. The Kier molecular flexibility index (Phi) is 4.46. The zero-order valence-electron chi connectivity index (χ0n) is 13.3. The van der Waals surface area contributed by atoms with Crippen molar-refractivity contribution in [1.82, 2.24) is 20.2 Å². The van der Waals surface area contributed by atoms with E-state index in [-0.39, 0.29) is 18.0 Å². The van der Waals surface area contributed by atoms with Crippen molar-refractivity contribution in [3.8, 4) is 5.69 Å².